The normalized spacial score (nSPS) is 12.5. The van der Waals surface area contributed by atoms with E-state index >= 15 is 0 Å². The van der Waals surface area contributed by atoms with Crippen LogP contribution in [0.3, 0.4) is 0 Å². The Balaban J connectivity index is 2.22. The summed E-state index contributed by atoms with van der Waals surface area (Å²) in [5, 5.41) is 11.9. The van der Waals surface area contributed by atoms with Crippen molar-refractivity contribution in [2.45, 2.75) is 12.6 Å². The maximum Gasteiger partial charge on any atom is 0.417 e. The first-order chi connectivity index (χ1) is 10.3. The van der Waals surface area contributed by atoms with Crippen LogP contribution in [0.1, 0.15) is 16.8 Å². The van der Waals surface area contributed by atoms with E-state index in [1.165, 1.54) is 18.2 Å². The number of benzene rings is 1. The average Bonchev–Trinajstić information content (AvgIpc) is 2.47. The highest BCUT2D eigenvalue weighted by Crippen LogP contribution is 2.28. The van der Waals surface area contributed by atoms with Gasteiger partial charge in [0.1, 0.15) is 5.82 Å². The number of nitrogens with zero attached hydrogens (tertiary/aromatic N) is 2. The lowest BCUT2D eigenvalue weighted by molar-refractivity contribution is -0.137. The first-order valence-electron chi connectivity index (χ1n) is 5.99. The van der Waals surface area contributed by atoms with Crippen LogP contribution in [-0.4, -0.2) is 15.9 Å². The highest BCUT2D eigenvalue weighted by molar-refractivity contribution is 6.31. The van der Waals surface area contributed by atoms with Crippen LogP contribution in [-0.2, 0) is 12.6 Å². The van der Waals surface area contributed by atoms with E-state index in [0.717, 1.165) is 12.1 Å². The van der Waals surface area contributed by atoms with Crippen LogP contribution in [0.4, 0.5) is 17.6 Å². The molecule has 2 rings (SSSR count). The van der Waals surface area contributed by atoms with E-state index < -0.39 is 17.6 Å². The molecule has 2 aromatic rings. The molecule has 1 aromatic carbocycles. The second-order valence-corrected chi connectivity index (χ2v) is 4.80. The Bertz CT molecular complexity index is 699. The average molecular weight is 333 g/mol. The monoisotopic (exact) mass is 332 g/mol. The molecular formula is C14H9ClF4N2O. The van der Waals surface area contributed by atoms with Crippen molar-refractivity contribution in [3.05, 3.63) is 64.2 Å². The molecule has 0 amide bonds. The topological polar surface area (TPSA) is 45.5 Å². The van der Waals surface area contributed by atoms with Crippen LogP contribution in [0.15, 0.2) is 41.7 Å². The van der Waals surface area contributed by atoms with Crippen LogP contribution in [0, 0.1) is 5.82 Å². The molecular weight excluding hydrogens is 324 g/mol. The molecule has 0 radical (unpaired) electrons. The van der Waals surface area contributed by atoms with Gasteiger partial charge in [-0.05, 0) is 24.3 Å². The lowest BCUT2D eigenvalue weighted by Crippen LogP contribution is -2.09. The molecule has 0 fully saturated rings. The predicted octanol–water partition coefficient (Wildman–Crippen LogP) is 4.31. The fourth-order valence-electron chi connectivity index (χ4n) is 1.74. The molecule has 0 aliphatic rings. The van der Waals surface area contributed by atoms with Gasteiger partial charge < -0.3 is 5.21 Å². The SMILES string of the molecule is ON=C(Cc1ccc(C(F)(F)F)cn1)c1ccc(F)c(Cl)c1. The summed E-state index contributed by atoms with van der Waals surface area (Å²) >= 11 is 5.64. The minimum atomic E-state index is -4.47. The van der Waals surface area contributed by atoms with Crippen LogP contribution >= 0.6 is 11.6 Å². The zero-order chi connectivity index (χ0) is 16.3. The Morgan fingerprint density at radius 1 is 1.23 bits per heavy atom. The molecule has 22 heavy (non-hydrogen) atoms. The molecule has 0 atom stereocenters. The van der Waals surface area contributed by atoms with Gasteiger partial charge in [-0.3, -0.25) is 4.98 Å². The molecule has 0 aliphatic heterocycles. The van der Waals surface area contributed by atoms with Gasteiger partial charge in [0.2, 0.25) is 0 Å². The maximum absolute atomic E-state index is 13.1. The van der Waals surface area contributed by atoms with Crippen molar-refractivity contribution in [2.75, 3.05) is 0 Å². The van der Waals surface area contributed by atoms with Gasteiger partial charge in [0.05, 0.1) is 16.3 Å². The van der Waals surface area contributed by atoms with Crippen molar-refractivity contribution in [1.82, 2.24) is 4.98 Å². The first kappa shape index (κ1) is 16.2. The zero-order valence-corrected chi connectivity index (χ0v) is 11.7. The fourth-order valence-corrected chi connectivity index (χ4v) is 1.92. The molecule has 0 bridgehead atoms. The van der Waals surface area contributed by atoms with E-state index in [0.29, 0.717) is 11.8 Å². The van der Waals surface area contributed by atoms with E-state index in [4.69, 9.17) is 16.8 Å². The molecule has 1 N–H and O–H groups in total. The number of pyridine rings is 1. The van der Waals surface area contributed by atoms with Gasteiger partial charge in [-0.2, -0.15) is 13.2 Å². The van der Waals surface area contributed by atoms with E-state index in [1.54, 1.807) is 0 Å². The van der Waals surface area contributed by atoms with E-state index in [9.17, 15) is 17.6 Å². The number of rotatable bonds is 3. The number of alkyl halides is 3. The van der Waals surface area contributed by atoms with Crippen molar-refractivity contribution < 1.29 is 22.8 Å². The van der Waals surface area contributed by atoms with Gasteiger partial charge >= 0.3 is 6.18 Å². The number of oxime groups is 1. The Hall–Kier alpha value is -2.15. The Morgan fingerprint density at radius 2 is 1.95 bits per heavy atom. The van der Waals surface area contributed by atoms with Gasteiger partial charge in [0, 0.05) is 23.9 Å². The Morgan fingerprint density at radius 3 is 2.45 bits per heavy atom. The van der Waals surface area contributed by atoms with Crippen molar-refractivity contribution >= 4 is 17.3 Å². The molecule has 0 unspecified atom stereocenters. The van der Waals surface area contributed by atoms with Crippen molar-refractivity contribution in [3.63, 3.8) is 0 Å². The van der Waals surface area contributed by atoms with E-state index in [1.807, 2.05) is 0 Å². The maximum atomic E-state index is 13.1. The Kier molecular flexibility index (Phi) is 4.65. The molecule has 0 saturated carbocycles. The summed E-state index contributed by atoms with van der Waals surface area (Å²) < 4.78 is 50.4. The molecule has 3 nitrogen and oxygen atoms in total. The molecule has 0 saturated heterocycles. The summed E-state index contributed by atoms with van der Waals surface area (Å²) in [5.74, 6) is -0.629. The van der Waals surface area contributed by atoms with Crippen molar-refractivity contribution in [3.8, 4) is 0 Å². The van der Waals surface area contributed by atoms with Crippen molar-refractivity contribution in [2.24, 2.45) is 5.16 Å². The second kappa shape index (κ2) is 6.31. The summed E-state index contributed by atoms with van der Waals surface area (Å²) in [6, 6.07) is 5.77. The summed E-state index contributed by atoms with van der Waals surface area (Å²) in [7, 11) is 0. The number of aromatic nitrogens is 1. The third kappa shape index (κ3) is 3.73. The summed E-state index contributed by atoms with van der Waals surface area (Å²) in [5.41, 5.74) is -0.158. The fraction of sp³-hybridized carbons (Fsp3) is 0.143. The van der Waals surface area contributed by atoms with Gasteiger partial charge in [-0.1, -0.05) is 22.8 Å². The third-order valence-electron chi connectivity index (χ3n) is 2.87. The molecule has 0 aliphatic carbocycles. The summed E-state index contributed by atoms with van der Waals surface area (Å²) in [4.78, 5) is 3.68. The highest BCUT2D eigenvalue weighted by Gasteiger charge is 2.30. The van der Waals surface area contributed by atoms with Crippen molar-refractivity contribution in [1.29, 1.82) is 0 Å². The molecule has 116 valence electrons. The number of hydrogen-bond donors (Lipinski definition) is 1. The molecule has 1 heterocycles. The van der Waals surface area contributed by atoms with E-state index in [-0.39, 0.29) is 22.8 Å². The van der Waals surface area contributed by atoms with Gasteiger partial charge in [0.15, 0.2) is 0 Å². The predicted molar refractivity (Wildman–Crippen MR) is 72.7 cm³/mol. The minimum absolute atomic E-state index is 0.0312. The second-order valence-electron chi connectivity index (χ2n) is 4.39. The van der Waals surface area contributed by atoms with Gasteiger partial charge in [0.25, 0.3) is 0 Å². The largest absolute Gasteiger partial charge is 0.417 e. The minimum Gasteiger partial charge on any atom is -0.411 e. The number of hydrogen-bond acceptors (Lipinski definition) is 3. The van der Waals surface area contributed by atoms with Gasteiger partial charge in [-0.25, -0.2) is 4.39 Å². The van der Waals surface area contributed by atoms with Crippen LogP contribution in [0.25, 0.3) is 0 Å². The highest BCUT2D eigenvalue weighted by atomic mass is 35.5. The van der Waals surface area contributed by atoms with E-state index in [2.05, 4.69) is 10.1 Å². The third-order valence-corrected chi connectivity index (χ3v) is 3.16. The zero-order valence-electron chi connectivity index (χ0n) is 10.9. The molecule has 1 aromatic heterocycles. The van der Waals surface area contributed by atoms with Crippen LogP contribution in [0.5, 0.6) is 0 Å². The first-order valence-corrected chi connectivity index (χ1v) is 6.37. The smallest absolute Gasteiger partial charge is 0.411 e. The van der Waals surface area contributed by atoms with Crippen LogP contribution in [0.2, 0.25) is 5.02 Å². The summed E-state index contributed by atoms with van der Waals surface area (Å²) in [6.45, 7) is 0. The molecule has 8 heteroatoms. The number of halogens is 5. The Labute approximate surface area is 127 Å². The lowest BCUT2D eigenvalue weighted by atomic mass is 10.0. The standard InChI is InChI=1S/C14H9ClF4N2O/c15-11-5-8(1-4-12(11)16)13(21-22)6-10-3-2-9(7-20-10)14(17,18)19/h1-5,7,22H,6H2. The van der Waals surface area contributed by atoms with Crippen LogP contribution < -0.4 is 0 Å². The quantitative estimate of drug-likeness (QED) is 0.394. The lowest BCUT2D eigenvalue weighted by Gasteiger charge is -2.08. The molecule has 0 spiro atoms. The van der Waals surface area contributed by atoms with Gasteiger partial charge in [-0.15, -0.1) is 0 Å². The summed E-state index contributed by atoms with van der Waals surface area (Å²) in [6.07, 6.45) is -3.80.